The number of nitrogens with one attached hydrogen (secondary N) is 1. The Kier molecular flexibility index (Phi) is 2.06. The van der Waals surface area contributed by atoms with Crippen LogP contribution in [0.1, 0.15) is 17.9 Å². The van der Waals surface area contributed by atoms with E-state index in [9.17, 15) is 0 Å². The maximum atomic E-state index is 5.53. The lowest BCUT2D eigenvalue weighted by atomic mass is 9.92. The Morgan fingerprint density at radius 3 is 3.27 bits per heavy atom. The van der Waals surface area contributed by atoms with E-state index in [-0.39, 0.29) is 0 Å². The first-order valence-corrected chi connectivity index (χ1v) is 5.40. The van der Waals surface area contributed by atoms with E-state index in [0.29, 0.717) is 12.0 Å². The summed E-state index contributed by atoms with van der Waals surface area (Å²) in [5.74, 6) is 1.44. The molecule has 1 N–H and O–H groups in total. The molecule has 3 rings (SSSR count). The van der Waals surface area contributed by atoms with Crippen LogP contribution in [0.4, 0.5) is 5.69 Å². The maximum Gasteiger partial charge on any atom is 0.120 e. The molecule has 80 valence electrons. The van der Waals surface area contributed by atoms with Crippen molar-refractivity contribution in [1.29, 1.82) is 0 Å². The van der Waals surface area contributed by atoms with Gasteiger partial charge in [-0.25, -0.2) is 0 Å². The lowest BCUT2D eigenvalue weighted by Gasteiger charge is -2.25. The fourth-order valence-electron chi connectivity index (χ4n) is 2.53. The fourth-order valence-corrected chi connectivity index (χ4v) is 2.53. The van der Waals surface area contributed by atoms with E-state index in [1.54, 1.807) is 7.11 Å². The lowest BCUT2D eigenvalue weighted by molar-refractivity contribution is 0.0769. The first-order valence-electron chi connectivity index (χ1n) is 5.40. The summed E-state index contributed by atoms with van der Waals surface area (Å²) in [6.45, 7) is 1.72. The molecule has 0 spiro atoms. The zero-order valence-corrected chi connectivity index (χ0v) is 8.82. The predicted molar refractivity (Wildman–Crippen MR) is 58.6 cm³/mol. The number of anilines is 1. The number of methoxy groups -OCH3 is 1. The smallest absolute Gasteiger partial charge is 0.120 e. The molecule has 2 heterocycles. The summed E-state index contributed by atoms with van der Waals surface area (Å²) < 4.78 is 10.7. The lowest BCUT2D eigenvalue weighted by Crippen LogP contribution is -2.30. The fraction of sp³-hybridized carbons (Fsp3) is 0.500. The van der Waals surface area contributed by atoms with E-state index in [0.717, 1.165) is 25.4 Å². The van der Waals surface area contributed by atoms with Gasteiger partial charge < -0.3 is 14.8 Å². The first kappa shape index (κ1) is 9.04. The molecular weight excluding hydrogens is 190 g/mol. The molecule has 0 saturated carbocycles. The summed E-state index contributed by atoms with van der Waals surface area (Å²) in [4.78, 5) is 0. The van der Waals surface area contributed by atoms with Gasteiger partial charge in [-0.1, -0.05) is 6.07 Å². The van der Waals surface area contributed by atoms with Crippen LogP contribution < -0.4 is 10.1 Å². The molecule has 0 bridgehead atoms. The second kappa shape index (κ2) is 3.42. The molecule has 1 saturated heterocycles. The van der Waals surface area contributed by atoms with E-state index in [4.69, 9.17) is 9.47 Å². The molecule has 3 nitrogen and oxygen atoms in total. The standard InChI is InChI=1S/C12H15NO2/c1-14-8-2-3-9-10-7-15-5-4-11(10)13-12(9)6-8/h2-3,6,10-11,13H,4-5,7H2,1H3. The third-order valence-electron chi connectivity index (χ3n) is 3.36. The van der Waals surface area contributed by atoms with Crippen molar-refractivity contribution in [1.82, 2.24) is 0 Å². The van der Waals surface area contributed by atoms with Gasteiger partial charge >= 0.3 is 0 Å². The van der Waals surface area contributed by atoms with Crippen molar-refractivity contribution in [3.63, 3.8) is 0 Å². The predicted octanol–water partition coefficient (Wildman–Crippen LogP) is 1.99. The van der Waals surface area contributed by atoms with Gasteiger partial charge in [-0.15, -0.1) is 0 Å². The SMILES string of the molecule is COc1ccc2c(c1)NC1CCOCC21. The highest BCUT2D eigenvalue weighted by Crippen LogP contribution is 2.40. The first-order chi connectivity index (χ1) is 7.38. The van der Waals surface area contributed by atoms with E-state index in [1.807, 2.05) is 6.07 Å². The Morgan fingerprint density at radius 2 is 2.40 bits per heavy atom. The number of ether oxygens (including phenoxy) is 2. The van der Waals surface area contributed by atoms with Gasteiger partial charge in [-0.2, -0.15) is 0 Å². The molecule has 2 aliphatic rings. The van der Waals surface area contributed by atoms with Crippen molar-refractivity contribution in [3.05, 3.63) is 23.8 Å². The van der Waals surface area contributed by atoms with Gasteiger partial charge in [0.25, 0.3) is 0 Å². The van der Waals surface area contributed by atoms with E-state index in [2.05, 4.69) is 17.4 Å². The zero-order chi connectivity index (χ0) is 10.3. The average molecular weight is 205 g/mol. The van der Waals surface area contributed by atoms with Crippen LogP contribution in [0.2, 0.25) is 0 Å². The summed E-state index contributed by atoms with van der Waals surface area (Å²) in [5.41, 5.74) is 2.59. The summed E-state index contributed by atoms with van der Waals surface area (Å²) >= 11 is 0. The highest BCUT2D eigenvalue weighted by Gasteiger charge is 2.34. The number of rotatable bonds is 1. The third-order valence-corrected chi connectivity index (χ3v) is 3.36. The molecule has 1 aromatic carbocycles. The highest BCUT2D eigenvalue weighted by atomic mass is 16.5. The van der Waals surface area contributed by atoms with Gasteiger partial charge in [0, 0.05) is 30.3 Å². The van der Waals surface area contributed by atoms with Gasteiger partial charge in [0.1, 0.15) is 5.75 Å². The van der Waals surface area contributed by atoms with Gasteiger partial charge in [0.2, 0.25) is 0 Å². The normalized spacial score (nSPS) is 27.8. The highest BCUT2D eigenvalue weighted by molar-refractivity contribution is 5.62. The summed E-state index contributed by atoms with van der Waals surface area (Å²) in [6.07, 6.45) is 1.10. The number of fused-ring (bicyclic) bond motifs is 3. The summed E-state index contributed by atoms with van der Waals surface area (Å²) in [5, 5.41) is 3.55. The van der Waals surface area contributed by atoms with Crippen LogP contribution in [0.25, 0.3) is 0 Å². The maximum absolute atomic E-state index is 5.53. The minimum Gasteiger partial charge on any atom is -0.497 e. The monoisotopic (exact) mass is 205 g/mol. The van der Waals surface area contributed by atoms with Crippen molar-refractivity contribution in [3.8, 4) is 5.75 Å². The van der Waals surface area contributed by atoms with Crippen molar-refractivity contribution >= 4 is 5.69 Å². The van der Waals surface area contributed by atoms with Crippen LogP contribution in [0.15, 0.2) is 18.2 Å². The molecule has 0 amide bonds. The molecule has 0 radical (unpaired) electrons. The average Bonchev–Trinajstić information content (AvgIpc) is 2.66. The molecule has 15 heavy (non-hydrogen) atoms. The minimum atomic E-state index is 0.527. The largest absolute Gasteiger partial charge is 0.497 e. The molecule has 2 atom stereocenters. The van der Waals surface area contributed by atoms with Crippen LogP contribution >= 0.6 is 0 Å². The van der Waals surface area contributed by atoms with Gasteiger partial charge in [-0.3, -0.25) is 0 Å². The number of benzene rings is 1. The van der Waals surface area contributed by atoms with Crippen molar-refractivity contribution < 1.29 is 9.47 Å². The molecule has 1 fully saturated rings. The quantitative estimate of drug-likeness (QED) is 0.760. The minimum absolute atomic E-state index is 0.527. The van der Waals surface area contributed by atoms with Crippen molar-refractivity contribution in [2.75, 3.05) is 25.6 Å². The second-order valence-corrected chi connectivity index (χ2v) is 4.17. The Labute approximate surface area is 89.4 Å². The molecule has 0 aromatic heterocycles. The topological polar surface area (TPSA) is 30.5 Å². The van der Waals surface area contributed by atoms with Crippen molar-refractivity contribution in [2.24, 2.45) is 0 Å². The second-order valence-electron chi connectivity index (χ2n) is 4.17. The van der Waals surface area contributed by atoms with Crippen LogP contribution in [0.5, 0.6) is 5.75 Å². The zero-order valence-electron chi connectivity index (χ0n) is 8.82. The molecule has 2 aliphatic heterocycles. The molecule has 1 aromatic rings. The van der Waals surface area contributed by atoms with Crippen LogP contribution in [-0.4, -0.2) is 26.4 Å². The Hall–Kier alpha value is -1.22. The van der Waals surface area contributed by atoms with Crippen LogP contribution in [0.3, 0.4) is 0 Å². The number of hydrogen-bond donors (Lipinski definition) is 1. The van der Waals surface area contributed by atoms with Gasteiger partial charge in [0.15, 0.2) is 0 Å². The Balaban J connectivity index is 1.96. The van der Waals surface area contributed by atoms with E-state index < -0.39 is 0 Å². The molecule has 3 heteroatoms. The third kappa shape index (κ3) is 1.38. The Morgan fingerprint density at radius 1 is 1.47 bits per heavy atom. The summed E-state index contributed by atoms with van der Waals surface area (Å²) in [7, 11) is 1.70. The van der Waals surface area contributed by atoms with Crippen LogP contribution in [0, 0.1) is 0 Å². The van der Waals surface area contributed by atoms with E-state index >= 15 is 0 Å². The molecule has 0 aliphatic carbocycles. The van der Waals surface area contributed by atoms with Crippen LogP contribution in [-0.2, 0) is 4.74 Å². The molecular formula is C12H15NO2. The Bertz CT molecular complexity index is 378. The van der Waals surface area contributed by atoms with Crippen molar-refractivity contribution in [2.45, 2.75) is 18.4 Å². The van der Waals surface area contributed by atoms with Gasteiger partial charge in [-0.05, 0) is 18.1 Å². The molecule has 2 unspecified atom stereocenters. The van der Waals surface area contributed by atoms with Gasteiger partial charge in [0.05, 0.1) is 13.7 Å². The summed E-state index contributed by atoms with van der Waals surface area (Å²) in [6, 6.07) is 6.81. The number of hydrogen-bond acceptors (Lipinski definition) is 3. The van der Waals surface area contributed by atoms with E-state index in [1.165, 1.54) is 11.3 Å².